The molecule has 1 aliphatic heterocycles. The molecule has 16 heavy (non-hydrogen) atoms. The quantitative estimate of drug-likeness (QED) is 0.689. The van der Waals surface area contributed by atoms with Crippen LogP contribution in [-0.2, 0) is 14.3 Å². The first kappa shape index (κ1) is 13.5. The first-order valence-corrected chi connectivity index (χ1v) is 6.10. The van der Waals surface area contributed by atoms with Crippen molar-refractivity contribution in [1.29, 1.82) is 0 Å². The normalized spacial score (nSPS) is 20.4. The van der Waals surface area contributed by atoms with Gasteiger partial charge in [-0.1, -0.05) is 0 Å². The molecule has 0 saturated carbocycles. The van der Waals surface area contributed by atoms with Gasteiger partial charge in [-0.3, -0.25) is 4.79 Å². The van der Waals surface area contributed by atoms with Crippen molar-refractivity contribution in [3.63, 3.8) is 0 Å². The number of carbonyl (C=O) groups excluding carboxylic acids is 1. The number of likely N-dealkylation sites (N-methyl/N-ethyl adjacent to an activating group) is 1. The monoisotopic (exact) mass is 229 g/mol. The second kappa shape index (κ2) is 6.86. The molecular formula is C12H23NO3. The zero-order chi connectivity index (χ0) is 12.0. The van der Waals surface area contributed by atoms with E-state index < -0.39 is 0 Å². The molecule has 0 aromatic rings. The summed E-state index contributed by atoms with van der Waals surface area (Å²) >= 11 is 0. The topological polar surface area (TPSA) is 38.8 Å². The lowest BCUT2D eigenvalue weighted by molar-refractivity contribution is -0.138. The maximum absolute atomic E-state index is 11.8. The molecule has 1 rings (SSSR count). The molecule has 0 radical (unpaired) electrons. The van der Waals surface area contributed by atoms with Crippen LogP contribution in [-0.4, -0.2) is 49.8 Å². The van der Waals surface area contributed by atoms with Crippen molar-refractivity contribution in [2.75, 3.05) is 32.9 Å². The molecule has 0 N–H and O–H groups in total. The number of nitrogens with zero attached hydrogens (tertiary/aromatic N) is 1. The van der Waals surface area contributed by atoms with E-state index in [1.54, 1.807) is 0 Å². The van der Waals surface area contributed by atoms with E-state index in [0.29, 0.717) is 5.92 Å². The standard InChI is InChI=1S/C12H23NO3/c1-4-13(7-11-5-6-15-8-11)12(14)9-16-10(2)3/h10-11H,4-9H2,1-3H3. The van der Waals surface area contributed by atoms with Crippen molar-refractivity contribution < 1.29 is 14.3 Å². The minimum atomic E-state index is 0.0862. The van der Waals surface area contributed by atoms with E-state index in [1.165, 1.54) is 0 Å². The molecule has 4 heteroatoms. The third-order valence-electron chi connectivity index (χ3n) is 2.78. The summed E-state index contributed by atoms with van der Waals surface area (Å²) in [6.07, 6.45) is 1.17. The van der Waals surface area contributed by atoms with Crippen LogP contribution in [0.5, 0.6) is 0 Å². The Morgan fingerprint density at radius 2 is 2.31 bits per heavy atom. The Labute approximate surface area is 97.9 Å². The van der Waals surface area contributed by atoms with Crippen LogP contribution in [0, 0.1) is 5.92 Å². The molecule has 1 fully saturated rings. The van der Waals surface area contributed by atoms with Gasteiger partial charge in [-0.05, 0) is 27.2 Å². The summed E-state index contributed by atoms with van der Waals surface area (Å²) in [6.45, 7) is 9.24. The van der Waals surface area contributed by atoms with Crippen LogP contribution >= 0.6 is 0 Å². The molecule has 0 aromatic carbocycles. The van der Waals surface area contributed by atoms with E-state index in [4.69, 9.17) is 9.47 Å². The molecule has 1 heterocycles. The molecule has 0 bridgehead atoms. The van der Waals surface area contributed by atoms with Gasteiger partial charge in [-0.2, -0.15) is 0 Å². The van der Waals surface area contributed by atoms with Gasteiger partial charge in [0.15, 0.2) is 0 Å². The summed E-state index contributed by atoms with van der Waals surface area (Å²) in [6, 6.07) is 0. The number of amides is 1. The highest BCUT2D eigenvalue weighted by Gasteiger charge is 2.21. The van der Waals surface area contributed by atoms with Crippen molar-refractivity contribution in [2.24, 2.45) is 5.92 Å². The summed E-state index contributed by atoms with van der Waals surface area (Å²) in [5.41, 5.74) is 0. The predicted molar refractivity (Wildman–Crippen MR) is 62.3 cm³/mol. The number of rotatable bonds is 6. The summed E-state index contributed by atoms with van der Waals surface area (Å²) in [4.78, 5) is 13.7. The lowest BCUT2D eigenvalue weighted by atomic mass is 10.1. The van der Waals surface area contributed by atoms with E-state index in [-0.39, 0.29) is 18.6 Å². The summed E-state index contributed by atoms with van der Waals surface area (Å²) < 4.78 is 10.6. The number of carbonyl (C=O) groups is 1. The molecule has 4 nitrogen and oxygen atoms in total. The van der Waals surface area contributed by atoms with E-state index in [0.717, 1.165) is 32.7 Å². The molecule has 1 unspecified atom stereocenters. The van der Waals surface area contributed by atoms with E-state index in [2.05, 4.69) is 0 Å². The highest BCUT2D eigenvalue weighted by molar-refractivity contribution is 5.77. The van der Waals surface area contributed by atoms with Crippen LogP contribution in [0.15, 0.2) is 0 Å². The van der Waals surface area contributed by atoms with Gasteiger partial charge in [-0.15, -0.1) is 0 Å². The number of hydrogen-bond donors (Lipinski definition) is 0. The predicted octanol–water partition coefficient (Wildman–Crippen LogP) is 1.30. The zero-order valence-electron chi connectivity index (χ0n) is 10.6. The Hall–Kier alpha value is -0.610. The minimum absolute atomic E-state index is 0.0862. The fourth-order valence-electron chi connectivity index (χ4n) is 1.78. The van der Waals surface area contributed by atoms with Crippen molar-refractivity contribution >= 4 is 5.91 Å². The third kappa shape index (κ3) is 4.49. The molecule has 1 aliphatic rings. The van der Waals surface area contributed by atoms with E-state index in [9.17, 15) is 4.79 Å². The van der Waals surface area contributed by atoms with Crippen LogP contribution in [0.3, 0.4) is 0 Å². The van der Waals surface area contributed by atoms with Crippen molar-refractivity contribution in [1.82, 2.24) is 4.90 Å². The van der Waals surface area contributed by atoms with Crippen LogP contribution in [0.4, 0.5) is 0 Å². The smallest absolute Gasteiger partial charge is 0.248 e. The molecule has 1 amide bonds. The zero-order valence-corrected chi connectivity index (χ0v) is 10.6. The van der Waals surface area contributed by atoms with E-state index in [1.807, 2.05) is 25.7 Å². The van der Waals surface area contributed by atoms with Gasteiger partial charge in [0.1, 0.15) is 6.61 Å². The minimum Gasteiger partial charge on any atom is -0.381 e. The molecule has 0 aromatic heterocycles. The maximum atomic E-state index is 11.8. The first-order valence-electron chi connectivity index (χ1n) is 6.10. The number of hydrogen-bond acceptors (Lipinski definition) is 3. The first-order chi connectivity index (χ1) is 7.63. The summed E-state index contributed by atoms with van der Waals surface area (Å²) in [7, 11) is 0. The van der Waals surface area contributed by atoms with Crippen LogP contribution in [0.1, 0.15) is 27.2 Å². The van der Waals surface area contributed by atoms with Crippen LogP contribution < -0.4 is 0 Å². The average molecular weight is 229 g/mol. The van der Waals surface area contributed by atoms with Crippen molar-refractivity contribution in [2.45, 2.75) is 33.3 Å². The van der Waals surface area contributed by atoms with Crippen molar-refractivity contribution in [3.05, 3.63) is 0 Å². The lowest BCUT2D eigenvalue weighted by Crippen LogP contribution is -2.38. The van der Waals surface area contributed by atoms with Gasteiger partial charge in [0.25, 0.3) is 0 Å². The van der Waals surface area contributed by atoms with Gasteiger partial charge in [0.2, 0.25) is 5.91 Å². The average Bonchev–Trinajstić information content (AvgIpc) is 2.75. The second-order valence-corrected chi connectivity index (χ2v) is 4.52. The fraction of sp³-hybridized carbons (Fsp3) is 0.917. The van der Waals surface area contributed by atoms with Crippen LogP contribution in [0.2, 0.25) is 0 Å². The van der Waals surface area contributed by atoms with Gasteiger partial charge < -0.3 is 14.4 Å². The third-order valence-corrected chi connectivity index (χ3v) is 2.78. The molecule has 1 atom stereocenters. The Morgan fingerprint density at radius 1 is 1.56 bits per heavy atom. The SMILES string of the molecule is CCN(CC1CCOC1)C(=O)COC(C)C. The molecule has 94 valence electrons. The van der Waals surface area contributed by atoms with Gasteiger partial charge >= 0.3 is 0 Å². The van der Waals surface area contributed by atoms with Crippen LogP contribution in [0.25, 0.3) is 0 Å². The summed E-state index contributed by atoms with van der Waals surface area (Å²) in [5.74, 6) is 0.589. The Kier molecular flexibility index (Phi) is 5.77. The van der Waals surface area contributed by atoms with Gasteiger partial charge in [0, 0.05) is 25.6 Å². The van der Waals surface area contributed by atoms with Gasteiger partial charge in [-0.25, -0.2) is 0 Å². The Morgan fingerprint density at radius 3 is 2.81 bits per heavy atom. The largest absolute Gasteiger partial charge is 0.381 e. The molecule has 0 aliphatic carbocycles. The number of ether oxygens (including phenoxy) is 2. The van der Waals surface area contributed by atoms with Gasteiger partial charge in [0.05, 0.1) is 12.7 Å². The Balaban J connectivity index is 2.30. The fourth-order valence-corrected chi connectivity index (χ4v) is 1.78. The molecule has 0 spiro atoms. The molecule has 1 saturated heterocycles. The van der Waals surface area contributed by atoms with E-state index >= 15 is 0 Å². The second-order valence-electron chi connectivity index (χ2n) is 4.52. The molecular weight excluding hydrogens is 206 g/mol. The maximum Gasteiger partial charge on any atom is 0.248 e. The highest BCUT2D eigenvalue weighted by Crippen LogP contribution is 2.14. The highest BCUT2D eigenvalue weighted by atomic mass is 16.5. The summed E-state index contributed by atoms with van der Waals surface area (Å²) in [5, 5.41) is 0. The van der Waals surface area contributed by atoms with Crippen molar-refractivity contribution in [3.8, 4) is 0 Å². The lowest BCUT2D eigenvalue weighted by Gasteiger charge is -2.24. The Bertz CT molecular complexity index is 212.